The standard InChI is InChI=1S/C24H23ClN6O/c25-19-8-7-18-15-31-22(26)20(21(18)14-19)9-4-16-2-5-17(6-3-16)23(32)27-10-1-11-28-24-29-12-13-30-24/h2-3,5-8,14-15H,1,10-13H2,(H2,26,31)(H,27,32)(H2,28,29,30). The number of halogens is 1. The van der Waals surface area contributed by atoms with Crippen molar-refractivity contribution in [1.29, 1.82) is 0 Å². The van der Waals surface area contributed by atoms with Crippen LogP contribution >= 0.6 is 11.6 Å². The van der Waals surface area contributed by atoms with Gasteiger partial charge in [-0.05, 0) is 42.8 Å². The van der Waals surface area contributed by atoms with Crippen LogP contribution in [0.25, 0.3) is 10.8 Å². The van der Waals surface area contributed by atoms with Crippen molar-refractivity contribution in [2.24, 2.45) is 4.99 Å². The maximum absolute atomic E-state index is 12.3. The third-order valence-corrected chi connectivity index (χ3v) is 5.20. The van der Waals surface area contributed by atoms with Gasteiger partial charge in [-0.1, -0.05) is 29.5 Å². The minimum absolute atomic E-state index is 0.113. The van der Waals surface area contributed by atoms with E-state index < -0.39 is 0 Å². The Hall–Kier alpha value is -3.76. The van der Waals surface area contributed by atoms with E-state index in [1.54, 1.807) is 24.4 Å². The van der Waals surface area contributed by atoms with Crippen LogP contribution in [-0.4, -0.2) is 43.0 Å². The number of nitrogen functional groups attached to an aromatic ring is 1. The fourth-order valence-corrected chi connectivity index (χ4v) is 3.46. The van der Waals surface area contributed by atoms with Gasteiger partial charge in [0.25, 0.3) is 5.91 Å². The zero-order valence-corrected chi connectivity index (χ0v) is 18.2. The van der Waals surface area contributed by atoms with Crippen LogP contribution in [0.2, 0.25) is 5.02 Å². The first-order valence-electron chi connectivity index (χ1n) is 10.4. The first-order chi connectivity index (χ1) is 15.6. The van der Waals surface area contributed by atoms with E-state index in [-0.39, 0.29) is 5.91 Å². The van der Waals surface area contributed by atoms with Gasteiger partial charge in [0.1, 0.15) is 5.82 Å². The molecule has 8 heteroatoms. The molecule has 4 rings (SSSR count). The summed E-state index contributed by atoms with van der Waals surface area (Å²) in [5, 5.41) is 11.7. The molecule has 3 aromatic rings. The van der Waals surface area contributed by atoms with Crippen molar-refractivity contribution >= 4 is 40.1 Å². The van der Waals surface area contributed by atoms with E-state index in [4.69, 9.17) is 17.3 Å². The van der Waals surface area contributed by atoms with Crippen molar-refractivity contribution in [3.05, 3.63) is 70.4 Å². The van der Waals surface area contributed by atoms with Crippen LogP contribution in [0.1, 0.15) is 27.9 Å². The molecule has 0 radical (unpaired) electrons. The molecule has 1 aromatic heterocycles. The van der Waals surface area contributed by atoms with Gasteiger partial charge in [0.2, 0.25) is 0 Å². The Kier molecular flexibility index (Phi) is 6.73. The monoisotopic (exact) mass is 446 g/mol. The number of nitrogens with two attached hydrogens (primary N) is 1. The van der Waals surface area contributed by atoms with Gasteiger partial charge in [-0.3, -0.25) is 9.79 Å². The lowest BCUT2D eigenvalue weighted by atomic mass is 10.1. The number of pyridine rings is 1. The van der Waals surface area contributed by atoms with Gasteiger partial charge < -0.3 is 21.7 Å². The summed E-state index contributed by atoms with van der Waals surface area (Å²) in [7, 11) is 0. The summed E-state index contributed by atoms with van der Waals surface area (Å²) in [6, 6.07) is 12.7. The van der Waals surface area contributed by atoms with Crippen LogP contribution in [0, 0.1) is 11.8 Å². The van der Waals surface area contributed by atoms with Crippen molar-refractivity contribution in [2.75, 3.05) is 31.9 Å². The van der Waals surface area contributed by atoms with Crippen molar-refractivity contribution in [2.45, 2.75) is 6.42 Å². The lowest BCUT2D eigenvalue weighted by molar-refractivity contribution is 0.0953. The van der Waals surface area contributed by atoms with Crippen LogP contribution in [0.4, 0.5) is 5.82 Å². The predicted molar refractivity (Wildman–Crippen MR) is 129 cm³/mol. The number of carbonyl (C=O) groups excluding carboxylic acids is 1. The molecule has 2 heterocycles. The Balaban J connectivity index is 1.36. The quantitative estimate of drug-likeness (QED) is 0.356. The second-order valence-electron chi connectivity index (χ2n) is 7.27. The number of benzene rings is 2. The Bertz CT molecular complexity index is 1220. The summed E-state index contributed by atoms with van der Waals surface area (Å²) in [5.74, 6) is 7.27. The third kappa shape index (κ3) is 5.29. The lowest BCUT2D eigenvalue weighted by Gasteiger charge is -2.08. The zero-order valence-electron chi connectivity index (χ0n) is 17.4. The first-order valence-corrected chi connectivity index (χ1v) is 10.7. The normalized spacial score (nSPS) is 12.5. The number of hydrogen-bond acceptors (Lipinski definition) is 6. The van der Waals surface area contributed by atoms with Gasteiger partial charge in [-0.2, -0.15) is 0 Å². The van der Waals surface area contributed by atoms with Crippen molar-refractivity contribution in [3.63, 3.8) is 0 Å². The molecule has 5 N–H and O–H groups in total. The third-order valence-electron chi connectivity index (χ3n) is 4.97. The maximum Gasteiger partial charge on any atom is 0.251 e. The minimum atomic E-state index is -0.113. The maximum atomic E-state index is 12.3. The molecule has 0 unspecified atom stereocenters. The number of aromatic nitrogens is 1. The average Bonchev–Trinajstić information content (AvgIpc) is 3.32. The zero-order chi connectivity index (χ0) is 22.3. The number of amides is 1. The van der Waals surface area contributed by atoms with E-state index in [1.807, 2.05) is 24.3 Å². The van der Waals surface area contributed by atoms with E-state index >= 15 is 0 Å². The van der Waals surface area contributed by atoms with Crippen molar-refractivity contribution in [3.8, 4) is 11.8 Å². The molecule has 1 amide bonds. The Morgan fingerprint density at radius 2 is 2.00 bits per heavy atom. The molecule has 2 aromatic carbocycles. The van der Waals surface area contributed by atoms with E-state index in [9.17, 15) is 4.79 Å². The number of nitrogens with zero attached hydrogens (tertiary/aromatic N) is 2. The topological polar surface area (TPSA) is 104 Å². The molecule has 0 spiro atoms. The van der Waals surface area contributed by atoms with Gasteiger partial charge in [-0.25, -0.2) is 4.98 Å². The summed E-state index contributed by atoms with van der Waals surface area (Å²) in [5.41, 5.74) is 8.04. The second kappa shape index (κ2) is 10.0. The van der Waals surface area contributed by atoms with Gasteiger partial charge in [0, 0.05) is 52.8 Å². The van der Waals surface area contributed by atoms with E-state index in [0.717, 1.165) is 48.4 Å². The second-order valence-corrected chi connectivity index (χ2v) is 7.71. The van der Waals surface area contributed by atoms with Crippen LogP contribution < -0.4 is 21.7 Å². The highest BCUT2D eigenvalue weighted by molar-refractivity contribution is 6.31. The molecule has 0 saturated heterocycles. The number of aliphatic imine (C=N–C) groups is 1. The minimum Gasteiger partial charge on any atom is -0.383 e. The number of guanidine groups is 1. The molecule has 0 fully saturated rings. The largest absolute Gasteiger partial charge is 0.383 e. The highest BCUT2D eigenvalue weighted by Crippen LogP contribution is 2.24. The summed E-state index contributed by atoms with van der Waals surface area (Å²) < 4.78 is 0. The Labute approximate surface area is 191 Å². The summed E-state index contributed by atoms with van der Waals surface area (Å²) in [6.45, 7) is 3.01. The summed E-state index contributed by atoms with van der Waals surface area (Å²) >= 11 is 6.13. The number of carbonyl (C=O) groups is 1. The fraction of sp³-hybridized carbons (Fsp3) is 0.208. The molecule has 7 nitrogen and oxygen atoms in total. The smallest absolute Gasteiger partial charge is 0.251 e. The highest BCUT2D eigenvalue weighted by atomic mass is 35.5. The number of rotatable bonds is 5. The number of nitrogens with one attached hydrogen (secondary N) is 3. The fourth-order valence-electron chi connectivity index (χ4n) is 3.29. The average molecular weight is 447 g/mol. The van der Waals surface area contributed by atoms with Crippen LogP contribution in [-0.2, 0) is 0 Å². The SMILES string of the molecule is Nc1ncc2ccc(Cl)cc2c1C#Cc1ccc(C(=O)NCCCNC2=NCCN2)cc1. The molecular formula is C24H23ClN6O. The molecule has 1 aliphatic rings. The van der Waals surface area contributed by atoms with Gasteiger partial charge in [0.15, 0.2) is 5.96 Å². The summed E-state index contributed by atoms with van der Waals surface area (Å²) in [4.78, 5) is 20.8. The molecule has 0 aliphatic carbocycles. The predicted octanol–water partition coefficient (Wildman–Crippen LogP) is 2.54. The van der Waals surface area contributed by atoms with Gasteiger partial charge >= 0.3 is 0 Å². The van der Waals surface area contributed by atoms with Crippen LogP contribution in [0.5, 0.6) is 0 Å². The molecule has 0 atom stereocenters. The first kappa shape index (κ1) is 21.5. The number of hydrogen-bond donors (Lipinski definition) is 4. The van der Waals surface area contributed by atoms with Gasteiger partial charge in [0.05, 0.1) is 12.1 Å². The van der Waals surface area contributed by atoms with E-state index in [1.165, 1.54) is 0 Å². The molecular weight excluding hydrogens is 424 g/mol. The van der Waals surface area contributed by atoms with Crippen LogP contribution in [0.15, 0.2) is 53.7 Å². The van der Waals surface area contributed by atoms with E-state index in [2.05, 4.69) is 37.8 Å². The van der Waals surface area contributed by atoms with Crippen molar-refractivity contribution < 1.29 is 4.79 Å². The molecule has 32 heavy (non-hydrogen) atoms. The molecule has 162 valence electrons. The van der Waals surface area contributed by atoms with E-state index in [0.29, 0.717) is 28.5 Å². The lowest BCUT2D eigenvalue weighted by Crippen LogP contribution is -2.35. The van der Waals surface area contributed by atoms with Crippen LogP contribution in [0.3, 0.4) is 0 Å². The molecule has 0 bridgehead atoms. The summed E-state index contributed by atoms with van der Waals surface area (Å²) in [6.07, 6.45) is 2.51. The molecule has 1 aliphatic heterocycles. The van der Waals surface area contributed by atoms with Gasteiger partial charge in [-0.15, -0.1) is 0 Å². The Morgan fingerprint density at radius 1 is 1.16 bits per heavy atom. The number of fused-ring (bicyclic) bond motifs is 1. The van der Waals surface area contributed by atoms with Crippen molar-refractivity contribution in [1.82, 2.24) is 20.9 Å². The number of anilines is 1. The Morgan fingerprint density at radius 3 is 2.78 bits per heavy atom. The molecule has 0 saturated carbocycles. The highest BCUT2D eigenvalue weighted by Gasteiger charge is 2.07.